The molecule has 1 heterocycles. The van der Waals surface area contributed by atoms with Gasteiger partial charge in [0.2, 0.25) is 5.91 Å². The lowest BCUT2D eigenvalue weighted by atomic mass is 10.1. The lowest BCUT2D eigenvalue weighted by Crippen LogP contribution is -2.44. The maximum atomic E-state index is 12.1. The van der Waals surface area contributed by atoms with Gasteiger partial charge in [-0.2, -0.15) is 0 Å². The highest BCUT2D eigenvalue weighted by molar-refractivity contribution is 6.44. The first-order valence-corrected chi connectivity index (χ1v) is 7.97. The van der Waals surface area contributed by atoms with Crippen LogP contribution in [0, 0.1) is 0 Å². The molecule has 0 saturated carbocycles. The van der Waals surface area contributed by atoms with Gasteiger partial charge in [0.25, 0.3) is 0 Å². The van der Waals surface area contributed by atoms with Crippen LogP contribution in [0.3, 0.4) is 0 Å². The third-order valence-electron chi connectivity index (χ3n) is 3.65. The van der Waals surface area contributed by atoms with Gasteiger partial charge in [-0.15, -0.1) is 12.4 Å². The molecule has 1 aromatic rings. The molecule has 0 unspecified atom stereocenters. The molecule has 1 aromatic carbocycles. The Kier molecular flexibility index (Phi) is 8.25. The van der Waals surface area contributed by atoms with Gasteiger partial charge >= 0.3 is 0 Å². The van der Waals surface area contributed by atoms with Gasteiger partial charge in [-0.3, -0.25) is 9.69 Å². The molecule has 4 nitrogen and oxygen atoms in total. The van der Waals surface area contributed by atoms with Crippen LogP contribution in [0.2, 0.25) is 15.1 Å². The summed E-state index contributed by atoms with van der Waals surface area (Å²) < 4.78 is 0. The molecule has 0 aromatic heterocycles. The fourth-order valence-electron chi connectivity index (χ4n) is 2.39. The maximum Gasteiger partial charge on any atom is 0.238 e. The molecule has 2 rings (SSSR count). The highest BCUT2D eigenvalue weighted by Gasteiger charge is 2.20. The van der Waals surface area contributed by atoms with Crippen molar-refractivity contribution >= 4 is 58.8 Å². The smallest absolute Gasteiger partial charge is 0.238 e. The molecular formula is C14H19Cl4N3O. The van der Waals surface area contributed by atoms with Crippen LogP contribution >= 0.6 is 47.2 Å². The van der Waals surface area contributed by atoms with E-state index in [0.29, 0.717) is 33.3 Å². The number of carbonyl (C=O) groups excluding carboxylic acids is 1. The fourth-order valence-corrected chi connectivity index (χ4v) is 2.99. The highest BCUT2D eigenvalue weighted by atomic mass is 35.5. The Labute approximate surface area is 151 Å². The summed E-state index contributed by atoms with van der Waals surface area (Å²) in [6.45, 7) is 2.18. The van der Waals surface area contributed by atoms with Gasteiger partial charge < -0.3 is 10.6 Å². The molecule has 0 aliphatic carbocycles. The van der Waals surface area contributed by atoms with Crippen molar-refractivity contribution in [3.05, 3.63) is 27.2 Å². The van der Waals surface area contributed by atoms with E-state index in [9.17, 15) is 4.79 Å². The van der Waals surface area contributed by atoms with Crippen LogP contribution in [0.15, 0.2) is 12.1 Å². The fraction of sp³-hybridized carbons (Fsp3) is 0.500. The van der Waals surface area contributed by atoms with E-state index in [1.54, 1.807) is 6.07 Å². The Morgan fingerprint density at radius 2 is 1.77 bits per heavy atom. The molecule has 1 saturated heterocycles. The quantitative estimate of drug-likeness (QED) is 0.775. The molecular weight excluding hydrogens is 368 g/mol. The Bertz CT molecular complexity index is 519. The number of anilines is 1. The molecule has 8 heteroatoms. The average molecular weight is 387 g/mol. The molecule has 124 valence electrons. The van der Waals surface area contributed by atoms with Gasteiger partial charge in [0, 0.05) is 19.1 Å². The first kappa shape index (κ1) is 19.8. The zero-order chi connectivity index (χ0) is 15.4. The number of halogens is 4. The van der Waals surface area contributed by atoms with Crippen molar-refractivity contribution in [1.29, 1.82) is 0 Å². The van der Waals surface area contributed by atoms with Crippen LogP contribution in [0.5, 0.6) is 0 Å². The van der Waals surface area contributed by atoms with Gasteiger partial charge in [0.1, 0.15) is 0 Å². The number of nitrogens with one attached hydrogen (secondary N) is 2. The third kappa shape index (κ3) is 5.44. The van der Waals surface area contributed by atoms with Gasteiger partial charge in [-0.25, -0.2) is 0 Å². The minimum Gasteiger partial charge on any atom is -0.324 e. The minimum absolute atomic E-state index is 0. The summed E-state index contributed by atoms with van der Waals surface area (Å²) >= 11 is 17.8. The second kappa shape index (κ2) is 9.16. The third-order valence-corrected chi connectivity index (χ3v) is 4.68. The Morgan fingerprint density at radius 3 is 2.36 bits per heavy atom. The van der Waals surface area contributed by atoms with E-state index in [1.165, 1.54) is 6.07 Å². The Balaban J connectivity index is 0.00000242. The van der Waals surface area contributed by atoms with E-state index in [0.717, 1.165) is 25.9 Å². The van der Waals surface area contributed by atoms with Gasteiger partial charge in [0.05, 0.1) is 27.3 Å². The summed E-state index contributed by atoms with van der Waals surface area (Å²) in [7, 11) is 1.97. The van der Waals surface area contributed by atoms with Gasteiger partial charge in [0.15, 0.2) is 0 Å². The van der Waals surface area contributed by atoms with Crippen molar-refractivity contribution in [2.24, 2.45) is 0 Å². The van der Waals surface area contributed by atoms with Crippen molar-refractivity contribution in [1.82, 2.24) is 10.2 Å². The summed E-state index contributed by atoms with van der Waals surface area (Å²) in [6, 6.07) is 3.64. The lowest BCUT2D eigenvalue weighted by molar-refractivity contribution is -0.117. The van der Waals surface area contributed by atoms with Gasteiger partial charge in [-0.05, 0) is 32.0 Å². The van der Waals surface area contributed by atoms with E-state index >= 15 is 0 Å². The topological polar surface area (TPSA) is 44.4 Å². The standard InChI is InChI=1S/C14H18Cl3N3O.ClH/c1-18-9-2-4-20(5-3-9)8-14(21)19-13-7-11(16)10(15)6-12(13)17;/h6-7,9,18H,2-5,8H2,1H3,(H,19,21);1H. The minimum atomic E-state index is -0.0989. The number of likely N-dealkylation sites (tertiary alicyclic amines) is 1. The first-order valence-electron chi connectivity index (χ1n) is 6.83. The van der Waals surface area contributed by atoms with E-state index in [4.69, 9.17) is 34.8 Å². The molecule has 0 radical (unpaired) electrons. The van der Waals surface area contributed by atoms with Crippen molar-refractivity contribution in [2.75, 3.05) is 32.0 Å². The maximum absolute atomic E-state index is 12.1. The highest BCUT2D eigenvalue weighted by Crippen LogP contribution is 2.32. The lowest BCUT2D eigenvalue weighted by Gasteiger charge is -2.31. The van der Waals surface area contributed by atoms with E-state index in [1.807, 2.05) is 7.05 Å². The van der Waals surface area contributed by atoms with Crippen LogP contribution in [0.1, 0.15) is 12.8 Å². The molecule has 1 aliphatic rings. The Morgan fingerprint density at radius 1 is 1.18 bits per heavy atom. The number of hydrogen-bond acceptors (Lipinski definition) is 3. The number of benzene rings is 1. The van der Waals surface area contributed by atoms with Crippen LogP contribution in [-0.2, 0) is 4.79 Å². The zero-order valence-electron chi connectivity index (χ0n) is 12.2. The van der Waals surface area contributed by atoms with Gasteiger partial charge in [-0.1, -0.05) is 34.8 Å². The molecule has 22 heavy (non-hydrogen) atoms. The van der Waals surface area contributed by atoms with E-state index < -0.39 is 0 Å². The second-order valence-corrected chi connectivity index (χ2v) is 6.36. The van der Waals surface area contributed by atoms with Crippen LogP contribution in [-0.4, -0.2) is 43.5 Å². The number of carbonyl (C=O) groups is 1. The molecule has 2 N–H and O–H groups in total. The second-order valence-electron chi connectivity index (χ2n) is 5.13. The zero-order valence-corrected chi connectivity index (χ0v) is 15.2. The monoisotopic (exact) mass is 385 g/mol. The molecule has 1 amide bonds. The van der Waals surface area contributed by atoms with Crippen LogP contribution < -0.4 is 10.6 Å². The SMILES string of the molecule is CNC1CCN(CC(=O)Nc2cc(Cl)c(Cl)cc2Cl)CC1.Cl. The van der Waals surface area contributed by atoms with Crippen molar-refractivity contribution in [3.8, 4) is 0 Å². The molecule has 1 aliphatic heterocycles. The summed E-state index contributed by atoms with van der Waals surface area (Å²) in [5, 5.41) is 7.16. The number of piperidine rings is 1. The summed E-state index contributed by atoms with van der Waals surface area (Å²) in [5.41, 5.74) is 0.487. The van der Waals surface area contributed by atoms with Crippen LogP contribution in [0.25, 0.3) is 0 Å². The Hall–Kier alpha value is -0.230. The van der Waals surface area contributed by atoms with Crippen molar-refractivity contribution in [3.63, 3.8) is 0 Å². The average Bonchev–Trinajstić information content (AvgIpc) is 2.45. The van der Waals surface area contributed by atoms with Crippen molar-refractivity contribution < 1.29 is 4.79 Å². The normalized spacial score (nSPS) is 16.2. The summed E-state index contributed by atoms with van der Waals surface area (Å²) in [5.74, 6) is -0.0989. The molecule has 0 bridgehead atoms. The summed E-state index contributed by atoms with van der Waals surface area (Å²) in [4.78, 5) is 14.2. The van der Waals surface area contributed by atoms with E-state index in [-0.39, 0.29) is 18.3 Å². The molecule has 0 spiro atoms. The number of rotatable bonds is 4. The van der Waals surface area contributed by atoms with E-state index in [2.05, 4.69) is 15.5 Å². The predicted molar refractivity (Wildman–Crippen MR) is 95.9 cm³/mol. The van der Waals surface area contributed by atoms with Crippen molar-refractivity contribution in [2.45, 2.75) is 18.9 Å². The first-order chi connectivity index (χ1) is 9.99. The largest absolute Gasteiger partial charge is 0.324 e. The number of amides is 1. The molecule has 1 fully saturated rings. The number of nitrogens with zero attached hydrogens (tertiary/aromatic N) is 1. The molecule has 0 atom stereocenters. The number of hydrogen-bond donors (Lipinski definition) is 2. The van der Waals surface area contributed by atoms with Crippen LogP contribution in [0.4, 0.5) is 5.69 Å². The predicted octanol–water partition coefficient (Wildman–Crippen LogP) is 3.69. The summed E-state index contributed by atoms with van der Waals surface area (Å²) in [6.07, 6.45) is 2.11.